The van der Waals surface area contributed by atoms with E-state index in [0.717, 1.165) is 27.3 Å². The largest absolute Gasteiger partial charge is 0.465 e. The van der Waals surface area contributed by atoms with Gasteiger partial charge in [0.05, 0.1) is 29.6 Å². The second-order valence-electron chi connectivity index (χ2n) is 6.75. The summed E-state index contributed by atoms with van der Waals surface area (Å²) in [6.07, 6.45) is 1.05. The minimum atomic E-state index is -3.72. The van der Waals surface area contributed by atoms with E-state index < -0.39 is 28.4 Å². The van der Waals surface area contributed by atoms with Crippen molar-refractivity contribution < 1.29 is 22.7 Å². The molecule has 156 valence electrons. The van der Waals surface area contributed by atoms with E-state index in [2.05, 4.69) is 10.1 Å². The number of benzene rings is 2. The normalized spacial score (nSPS) is 11.1. The van der Waals surface area contributed by atoms with Crippen LogP contribution in [-0.2, 0) is 19.6 Å². The molecule has 0 saturated carbocycles. The van der Waals surface area contributed by atoms with Gasteiger partial charge in [0, 0.05) is 5.69 Å². The highest BCUT2D eigenvalue weighted by atomic mass is 35.5. The van der Waals surface area contributed by atoms with Gasteiger partial charge in [-0.15, -0.1) is 0 Å². The number of hydrogen-bond donors (Lipinski definition) is 1. The number of nitrogens with zero attached hydrogens (tertiary/aromatic N) is 1. The first-order valence-electron chi connectivity index (χ1n) is 8.67. The monoisotopic (exact) mass is 438 g/mol. The molecule has 7 nitrogen and oxygen atoms in total. The van der Waals surface area contributed by atoms with E-state index in [1.165, 1.54) is 25.3 Å². The number of halogens is 1. The van der Waals surface area contributed by atoms with Crippen molar-refractivity contribution in [2.75, 3.05) is 29.5 Å². The summed E-state index contributed by atoms with van der Waals surface area (Å²) in [5, 5.41) is 2.78. The smallest absolute Gasteiger partial charge is 0.339 e. The van der Waals surface area contributed by atoms with E-state index >= 15 is 0 Å². The number of sulfonamides is 1. The van der Waals surface area contributed by atoms with Crippen LogP contribution in [0.1, 0.15) is 27.0 Å². The molecule has 0 aromatic heterocycles. The number of aryl methyl sites for hydroxylation is 3. The van der Waals surface area contributed by atoms with E-state index in [4.69, 9.17) is 11.6 Å². The summed E-state index contributed by atoms with van der Waals surface area (Å²) in [5.41, 5.74) is 3.36. The molecule has 0 aliphatic carbocycles. The average Bonchev–Trinajstić information content (AvgIpc) is 2.60. The summed E-state index contributed by atoms with van der Waals surface area (Å²) in [5.74, 6) is -1.21. The van der Waals surface area contributed by atoms with Gasteiger partial charge in [0.15, 0.2) is 0 Å². The van der Waals surface area contributed by atoms with Crippen LogP contribution in [0.25, 0.3) is 0 Å². The van der Waals surface area contributed by atoms with Gasteiger partial charge in [-0.1, -0.05) is 29.3 Å². The van der Waals surface area contributed by atoms with Gasteiger partial charge in [0.1, 0.15) is 6.54 Å². The van der Waals surface area contributed by atoms with E-state index in [9.17, 15) is 18.0 Å². The maximum absolute atomic E-state index is 12.6. The fourth-order valence-corrected chi connectivity index (χ4v) is 4.29. The molecular formula is C20H23ClN2O5S. The van der Waals surface area contributed by atoms with Crippen LogP contribution in [-0.4, -0.2) is 40.2 Å². The van der Waals surface area contributed by atoms with Crippen molar-refractivity contribution in [1.82, 2.24) is 0 Å². The van der Waals surface area contributed by atoms with Crippen LogP contribution in [0.15, 0.2) is 30.3 Å². The Labute approximate surface area is 175 Å². The Morgan fingerprint density at radius 2 is 1.69 bits per heavy atom. The molecule has 1 N–H and O–H groups in total. The lowest BCUT2D eigenvalue weighted by Crippen LogP contribution is -2.38. The molecule has 1 amide bonds. The standard InChI is InChI=1S/C20H23ClN2O5S/c1-12-8-13(2)19(14(3)9-12)23(29(5,26)27)11-18(24)22-15-6-7-17(21)16(10-15)20(25)28-4/h6-10H,11H2,1-5H3,(H,22,24). The van der Waals surface area contributed by atoms with Gasteiger partial charge in [-0.05, 0) is 50.1 Å². The van der Waals surface area contributed by atoms with Gasteiger partial charge < -0.3 is 10.1 Å². The van der Waals surface area contributed by atoms with Crippen LogP contribution in [0.2, 0.25) is 5.02 Å². The molecule has 2 aromatic rings. The number of amides is 1. The Hall–Kier alpha value is -2.58. The van der Waals surface area contributed by atoms with Crippen molar-refractivity contribution in [1.29, 1.82) is 0 Å². The number of esters is 1. The lowest BCUT2D eigenvalue weighted by molar-refractivity contribution is -0.114. The zero-order valence-electron chi connectivity index (χ0n) is 16.9. The number of methoxy groups -OCH3 is 1. The number of carbonyl (C=O) groups excluding carboxylic acids is 2. The van der Waals surface area contributed by atoms with Crippen molar-refractivity contribution in [3.05, 3.63) is 57.6 Å². The van der Waals surface area contributed by atoms with Gasteiger partial charge in [0.2, 0.25) is 15.9 Å². The molecule has 0 aliphatic rings. The van der Waals surface area contributed by atoms with Crippen LogP contribution >= 0.6 is 11.6 Å². The highest BCUT2D eigenvalue weighted by Gasteiger charge is 2.24. The molecule has 0 bridgehead atoms. The summed E-state index contributed by atoms with van der Waals surface area (Å²) in [7, 11) is -2.50. The fraction of sp³-hybridized carbons (Fsp3) is 0.300. The Morgan fingerprint density at radius 1 is 1.10 bits per heavy atom. The second kappa shape index (κ2) is 8.84. The molecular weight excluding hydrogens is 416 g/mol. The SMILES string of the molecule is COC(=O)c1cc(NC(=O)CN(c2c(C)cc(C)cc2C)S(C)(=O)=O)ccc1Cl. The topological polar surface area (TPSA) is 92.8 Å². The molecule has 29 heavy (non-hydrogen) atoms. The average molecular weight is 439 g/mol. The van der Waals surface area contributed by atoms with E-state index in [1.807, 2.05) is 19.1 Å². The first-order valence-corrected chi connectivity index (χ1v) is 10.9. The minimum absolute atomic E-state index is 0.0946. The minimum Gasteiger partial charge on any atom is -0.465 e. The first-order chi connectivity index (χ1) is 13.4. The van der Waals surface area contributed by atoms with Gasteiger partial charge in [-0.25, -0.2) is 13.2 Å². The summed E-state index contributed by atoms with van der Waals surface area (Å²) in [4.78, 5) is 24.4. The molecule has 0 fully saturated rings. The summed E-state index contributed by atoms with van der Waals surface area (Å²) >= 11 is 5.98. The second-order valence-corrected chi connectivity index (χ2v) is 9.07. The quantitative estimate of drug-likeness (QED) is 0.697. The third kappa shape index (κ3) is 5.48. The van der Waals surface area contributed by atoms with Crippen LogP contribution < -0.4 is 9.62 Å². The van der Waals surface area contributed by atoms with Crippen LogP contribution in [0.3, 0.4) is 0 Å². The highest BCUT2D eigenvalue weighted by Crippen LogP contribution is 2.28. The molecule has 9 heteroatoms. The van der Waals surface area contributed by atoms with Crippen LogP contribution in [0.5, 0.6) is 0 Å². The summed E-state index contributed by atoms with van der Waals surface area (Å²) in [6, 6.07) is 8.06. The van der Waals surface area contributed by atoms with Gasteiger partial charge in [-0.2, -0.15) is 0 Å². The Kier molecular flexibility index (Phi) is 6.92. The predicted molar refractivity (Wildman–Crippen MR) is 114 cm³/mol. The molecule has 0 saturated heterocycles. The molecule has 2 aromatic carbocycles. The number of nitrogens with one attached hydrogen (secondary N) is 1. The zero-order valence-corrected chi connectivity index (χ0v) is 18.4. The van der Waals surface area contributed by atoms with Gasteiger partial charge in [0.25, 0.3) is 0 Å². The molecule has 0 spiro atoms. The fourth-order valence-electron chi connectivity index (χ4n) is 3.13. The van der Waals surface area contributed by atoms with Crippen molar-refractivity contribution in [3.8, 4) is 0 Å². The van der Waals surface area contributed by atoms with E-state index in [1.54, 1.807) is 13.8 Å². The Balaban J connectivity index is 2.33. The van der Waals surface area contributed by atoms with Crippen molar-refractivity contribution in [3.63, 3.8) is 0 Å². The van der Waals surface area contributed by atoms with E-state index in [-0.39, 0.29) is 10.6 Å². The molecule has 0 aliphatic heterocycles. The summed E-state index contributed by atoms with van der Waals surface area (Å²) in [6.45, 7) is 5.10. The van der Waals surface area contributed by atoms with Crippen molar-refractivity contribution in [2.45, 2.75) is 20.8 Å². The van der Waals surface area contributed by atoms with Crippen LogP contribution in [0, 0.1) is 20.8 Å². The maximum atomic E-state index is 12.6. The zero-order chi connectivity index (χ0) is 21.9. The number of anilines is 2. The molecule has 0 atom stereocenters. The number of rotatable bonds is 6. The van der Waals surface area contributed by atoms with Gasteiger partial charge in [-0.3, -0.25) is 9.10 Å². The Morgan fingerprint density at radius 3 is 2.21 bits per heavy atom. The number of hydrogen-bond acceptors (Lipinski definition) is 5. The highest BCUT2D eigenvalue weighted by molar-refractivity contribution is 7.92. The first kappa shape index (κ1) is 22.7. The lowest BCUT2D eigenvalue weighted by Gasteiger charge is -2.26. The maximum Gasteiger partial charge on any atom is 0.339 e. The lowest BCUT2D eigenvalue weighted by atomic mass is 10.1. The molecule has 0 radical (unpaired) electrons. The van der Waals surface area contributed by atoms with Gasteiger partial charge >= 0.3 is 5.97 Å². The third-order valence-corrected chi connectivity index (χ3v) is 5.67. The molecule has 0 unspecified atom stereocenters. The molecule has 2 rings (SSSR count). The van der Waals surface area contributed by atoms with E-state index in [0.29, 0.717) is 11.4 Å². The third-order valence-electron chi connectivity index (χ3n) is 4.23. The number of carbonyl (C=O) groups is 2. The van der Waals surface area contributed by atoms with Crippen LogP contribution in [0.4, 0.5) is 11.4 Å². The summed E-state index contributed by atoms with van der Waals surface area (Å²) < 4.78 is 30.5. The number of ether oxygens (including phenoxy) is 1. The van der Waals surface area contributed by atoms with Crippen molar-refractivity contribution >= 4 is 44.9 Å². The molecule has 0 heterocycles. The predicted octanol–water partition coefficient (Wildman–Crippen LogP) is 3.46. The Bertz CT molecular complexity index is 1040. The van der Waals surface area contributed by atoms with Crippen molar-refractivity contribution in [2.24, 2.45) is 0 Å².